The molecule has 174 valence electrons. The van der Waals surface area contributed by atoms with Crippen molar-refractivity contribution in [2.24, 2.45) is 12.8 Å². The van der Waals surface area contributed by atoms with Gasteiger partial charge in [0, 0.05) is 25.7 Å². The van der Waals surface area contributed by atoms with Crippen LogP contribution in [-0.4, -0.2) is 77.7 Å². The molecule has 1 saturated heterocycles. The van der Waals surface area contributed by atoms with Gasteiger partial charge in [-0.3, -0.25) is 14.5 Å². The van der Waals surface area contributed by atoms with E-state index in [4.69, 9.17) is 10.5 Å². The maximum Gasteiger partial charge on any atom is 0.352 e. The first-order chi connectivity index (χ1) is 15.8. The van der Waals surface area contributed by atoms with Crippen LogP contribution in [-0.2, 0) is 26.2 Å². The number of methoxy groups -OCH3 is 1. The van der Waals surface area contributed by atoms with Gasteiger partial charge in [0.2, 0.25) is 11.1 Å². The number of hydrogen-bond acceptors (Lipinski definition) is 10. The number of rotatable bonds is 8. The minimum Gasteiger partial charge on any atom is -0.477 e. The fourth-order valence-corrected chi connectivity index (χ4v) is 6.05. The number of amides is 2. The smallest absolute Gasteiger partial charge is 0.352 e. The van der Waals surface area contributed by atoms with E-state index in [0.717, 1.165) is 4.90 Å². The molecule has 0 aliphatic carbocycles. The Morgan fingerprint density at radius 2 is 2.15 bits per heavy atom. The number of nitrogens with two attached hydrogens (primary N) is 1. The van der Waals surface area contributed by atoms with Crippen molar-refractivity contribution in [3.8, 4) is 0 Å². The Kier molecular flexibility index (Phi) is 6.43. The van der Waals surface area contributed by atoms with E-state index in [1.165, 1.54) is 35.3 Å². The van der Waals surface area contributed by atoms with E-state index in [2.05, 4.69) is 20.8 Å². The van der Waals surface area contributed by atoms with Gasteiger partial charge in [-0.25, -0.2) is 9.48 Å². The number of ether oxygens (including phenoxy) is 1. The highest BCUT2D eigenvalue weighted by Gasteiger charge is 2.66. The zero-order valence-corrected chi connectivity index (χ0v) is 19.3. The number of hydrogen-bond donors (Lipinski definition) is 3. The number of aromatic nitrogens is 4. The number of aryl methyl sites for hydroxylation is 1. The number of carbonyl (C=O) groups excluding carboxylic acids is 2. The van der Waals surface area contributed by atoms with Crippen LogP contribution in [0.3, 0.4) is 0 Å². The molecule has 1 fully saturated rings. The molecule has 2 amide bonds. The zero-order chi connectivity index (χ0) is 23.8. The summed E-state index contributed by atoms with van der Waals surface area (Å²) in [4.78, 5) is 39.2. The SMILES string of the molecule is CO[C@@]1(NC(=O)C(N)c2ccccc2)C(=O)N2C(C(=O)O)=C(CSc3nnnn3C)CS[C@H]21. The summed E-state index contributed by atoms with van der Waals surface area (Å²) >= 11 is 2.56. The van der Waals surface area contributed by atoms with Gasteiger partial charge in [-0.1, -0.05) is 42.1 Å². The number of β-lactam (4-membered cyclic amide) rings is 1. The fourth-order valence-electron chi connectivity index (χ4n) is 3.62. The van der Waals surface area contributed by atoms with Crippen molar-refractivity contribution in [2.45, 2.75) is 22.3 Å². The van der Waals surface area contributed by atoms with Gasteiger partial charge in [-0.15, -0.1) is 16.9 Å². The molecule has 3 heterocycles. The first-order valence-electron chi connectivity index (χ1n) is 9.73. The average molecular weight is 492 g/mol. The third kappa shape index (κ3) is 3.99. The Morgan fingerprint density at radius 1 is 1.42 bits per heavy atom. The van der Waals surface area contributed by atoms with E-state index in [1.807, 2.05) is 0 Å². The summed E-state index contributed by atoms with van der Waals surface area (Å²) in [5.41, 5.74) is 5.35. The number of aliphatic carboxylic acids is 1. The van der Waals surface area contributed by atoms with Crippen LogP contribution in [0.1, 0.15) is 11.6 Å². The van der Waals surface area contributed by atoms with Crippen molar-refractivity contribution in [2.75, 3.05) is 18.6 Å². The van der Waals surface area contributed by atoms with Crippen LogP contribution in [0.5, 0.6) is 0 Å². The second kappa shape index (κ2) is 9.13. The van der Waals surface area contributed by atoms with Crippen LogP contribution in [0.4, 0.5) is 0 Å². The number of carboxylic acid groups (broad SMARTS) is 1. The topological polar surface area (TPSA) is 166 Å². The minimum atomic E-state index is -1.71. The second-order valence-corrected chi connectivity index (χ2v) is 9.30. The Labute approximate surface area is 196 Å². The average Bonchev–Trinajstić information content (AvgIpc) is 3.24. The summed E-state index contributed by atoms with van der Waals surface area (Å²) in [7, 11) is 2.97. The lowest BCUT2D eigenvalue weighted by molar-refractivity contribution is -0.192. The summed E-state index contributed by atoms with van der Waals surface area (Å²) in [5.74, 6) is -1.91. The summed E-state index contributed by atoms with van der Waals surface area (Å²) in [6, 6.07) is 7.69. The van der Waals surface area contributed by atoms with E-state index < -0.39 is 34.9 Å². The van der Waals surface area contributed by atoms with E-state index in [1.54, 1.807) is 37.4 Å². The molecule has 1 aromatic carbocycles. The van der Waals surface area contributed by atoms with Crippen LogP contribution < -0.4 is 11.1 Å². The molecule has 2 aliphatic rings. The number of nitrogens with one attached hydrogen (secondary N) is 1. The maximum absolute atomic E-state index is 13.2. The molecule has 33 heavy (non-hydrogen) atoms. The Hall–Kier alpha value is -2.94. The first-order valence-corrected chi connectivity index (χ1v) is 11.8. The standard InChI is InChI=1S/C19H21N7O5S2/c1-25-18(22-23-24-25)33-9-11-8-32-17-19(31-2,16(30)26(17)13(11)15(28)29)21-14(27)12(20)10-6-4-3-5-7-10/h3-7,12,17H,8-9,20H2,1-2H3,(H,21,27)(H,28,29)/t12?,17-,19-/m0/s1. The third-order valence-corrected chi connectivity index (χ3v) is 7.81. The molecule has 4 N–H and O–H groups in total. The predicted molar refractivity (Wildman–Crippen MR) is 119 cm³/mol. The normalized spacial score (nSPS) is 23.1. The van der Waals surface area contributed by atoms with E-state index in [9.17, 15) is 19.5 Å². The largest absolute Gasteiger partial charge is 0.477 e. The molecule has 0 saturated carbocycles. The number of benzene rings is 1. The van der Waals surface area contributed by atoms with Gasteiger partial charge in [0.25, 0.3) is 11.6 Å². The van der Waals surface area contributed by atoms with Gasteiger partial charge >= 0.3 is 5.97 Å². The molecule has 0 radical (unpaired) electrons. The molecule has 2 aromatic rings. The van der Waals surface area contributed by atoms with Crippen molar-refractivity contribution < 1.29 is 24.2 Å². The van der Waals surface area contributed by atoms with Gasteiger partial charge in [0.05, 0.1) is 0 Å². The summed E-state index contributed by atoms with van der Waals surface area (Å²) in [6.07, 6.45) is 0. The lowest BCUT2D eigenvalue weighted by atomic mass is 9.97. The molecule has 12 nitrogen and oxygen atoms in total. The van der Waals surface area contributed by atoms with Gasteiger partial charge in [0.15, 0.2) is 0 Å². The van der Waals surface area contributed by atoms with Crippen LogP contribution in [0.25, 0.3) is 0 Å². The molecule has 2 aliphatic heterocycles. The highest BCUT2D eigenvalue weighted by molar-refractivity contribution is 8.01. The lowest BCUT2D eigenvalue weighted by Gasteiger charge is -2.56. The summed E-state index contributed by atoms with van der Waals surface area (Å²) in [6.45, 7) is 0. The summed E-state index contributed by atoms with van der Waals surface area (Å²) in [5, 5.41) is 23.4. The molecule has 14 heteroatoms. The monoisotopic (exact) mass is 491 g/mol. The van der Waals surface area contributed by atoms with Crippen molar-refractivity contribution in [1.29, 1.82) is 0 Å². The molecule has 3 atom stereocenters. The maximum atomic E-state index is 13.2. The van der Waals surface area contributed by atoms with Crippen LogP contribution in [0, 0.1) is 0 Å². The van der Waals surface area contributed by atoms with Crippen molar-refractivity contribution in [3.63, 3.8) is 0 Å². The second-order valence-electron chi connectivity index (χ2n) is 7.29. The molecule has 0 spiro atoms. The number of nitrogens with zero attached hydrogens (tertiary/aromatic N) is 5. The number of carbonyl (C=O) groups is 3. The van der Waals surface area contributed by atoms with Crippen LogP contribution >= 0.6 is 23.5 Å². The predicted octanol–water partition coefficient (Wildman–Crippen LogP) is -0.285. The Bertz CT molecular complexity index is 1120. The van der Waals surface area contributed by atoms with Crippen LogP contribution in [0.15, 0.2) is 46.8 Å². The van der Waals surface area contributed by atoms with Crippen LogP contribution in [0.2, 0.25) is 0 Å². The minimum absolute atomic E-state index is 0.124. The highest BCUT2D eigenvalue weighted by Crippen LogP contribution is 2.47. The molecule has 1 unspecified atom stereocenters. The number of thioether (sulfide) groups is 2. The lowest BCUT2D eigenvalue weighted by Crippen LogP contribution is -2.81. The number of tetrazole rings is 1. The first kappa shape index (κ1) is 23.2. The number of carboxylic acids is 1. The molecular formula is C19H21N7O5S2. The third-order valence-electron chi connectivity index (χ3n) is 5.34. The van der Waals surface area contributed by atoms with Gasteiger partial charge in [-0.2, -0.15) is 0 Å². The zero-order valence-electron chi connectivity index (χ0n) is 17.7. The van der Waals surface area contributed by atoms with Crippen molar-refractivity contribution in [1.82, 2.24) is 30.4 Å². The van der Waals surface area contributed by atoms with Crippen molar-refractivity contribution >= 4 is 41.3 Å². The Morgan fingerprint density at radius 3 is 2.76 bits per heavy atom. The van der Waals surface area contributed by atoms with Crippen molar-refractivity contribution in [3.05, 3.63) is 47.2 Å². The highest BCUT2D eigenvalue weighted by atomic mass is 32.2. The number of fused-ring (bicyclic) bond motifs is 1. The van der Waals surface area contributed by atoms with Gasteiger partial charge in [-0.05, 0) is 21.6 Å². The van der Waals surface area contributed by atoms with Gasteiger partial charge in [0.1, 0.15) is 17.1 Å². The fraction of sp³-hybridized carbons (Fsp3) is 0.368. The quantitative estimate of drug-likeness (QED) is 0.252. The van der Waals surface area contributed by atoms with E-state index >= 15 is 0 Å². The summed E-state index contributed by atoms with van der Waals surface area (Å²) < 4.78 is 6.93. The van der Waals surface area contributed by atoms with E-state index in [0.29, 0.717) is 22.0 Å². The molecular weight excluding hydrogens is 470 g/mol. The molecule has 1 aromatic heterocycles. The van der Waals surface area contributed by atoms with E-state index in [-0.39, 0.29) is 11.4 Å². The Balaban J connectivity index is 1.55. The molecule has 4 rings (SSSR count). The molecule has 0 bridgehead atoms. The van der Waals surface area contributed by atoms with Gasteiger partial charge < -0.3 is 20.9 Å².